The number of aromatic nitrogens is 2. The molecule has 1 aliphatic rings. The molecular weight excluding hydrogens is 575 g/mol. The van der Waals surface area contributed by atoms with Gasteiger partial charge in [-0.3, -0.25) is 19.2 Å². The molecule has 0 aliphatic carbocycles. The second kappa shape index (κ2) is 12.2. The molecule has 1 N–H and O–H groups in total. The fourth-order valence-electron chi connectivity index (χ4n) is 4.08. The van der Waals surface area contributed by atoms with Crippen LogP contribution in [0.15, 0.2) is 48.7 Å². The summed E-state index contributed by atoms with van der Waals surface area (Å²) in [4.78, 5) is 27.0. The summed E-state index contributed by atoms with van der Waals surface area (Å²) < 4.78 is 19.3. The summed E-state index contributed by atoms with van der Waals surface area (Å²) in [5.74, 6) is 0.722. The summed E-state index contributed by atoms with van der Waals surface area (Å²) in [7, 11) is 3.41. The maximum atomic E-state index is 12.8. The lowest BCUT2D eigenvalue weighted by atomic mass is 10.1. The predicted octanol–water partition coefficient (Wildman–Crippen LogP) is 3.97. The lowest BCUT2D eigenvalue weighted by molar-refractivity contribution is -0.145. The summed E-state index contributed by atoms with van der Waals surface area (Å²) in [5, 5.41) is 7.28. The van der Waals surface area contributed by atoms with Gasteiger partial charge in [0.25, 0.3) is 5.91 Å². The number of rotatable bonds is 10. The zero-order chi connectivity index (χ0) is 25.5. The number of nitrogens with zero attached hydrogens (tertiary/aromatic N) is 3. The Bertz CT molecular complexity index is 1200. The number of benzene rings is 2. The van der Waals surface area contributed by atoms with Crippen molar-refractivity contribution in [3.8, 4) is 22.8 Å². The lowest BCUT2D eigenvalue weighted by Gasteiger charge is -2.16. The van der Waals surface area contributed by atoms with Gasteiger partial charge in [-0.15, -0.1) is 0 Å². The van der Waals surface area contributed by atoms with Crippen LogP contribution in [0.4, 0.5) is 5.69 Å². The SMILES string of the molecule is COc1cccc(C(=O)Nc2ccc(OCCOC(=O)CN3CCCC3)c(-c3c(I)cnn3C)c2)c1. The number of nitrogens with one attached hydrogen (secondary N) is 1. The molecular formula is C26H29IN4O5. The van der Waals surface area contributed by atoms with Crippen molar-refractivity contribution < 1.29 is 23.8 Å². The van der Waals surface area contributed by atoms with E-state index in [1.54, 1.807) is 54.4 Å². The van der Waals surface area contributed by atoms with Crippen LogP contribution in [0.2, 0.25) is 0 Å². The molecule has 1 saturated heterocycles. The molecule has 36 heavy (non-hydrogen) atoms. The molecule has 0 atom stereocenters. The number of hydrogen-bond acceptors (Lipinski definition) is 7. The molecule has 0 unspecified atom stereocenters. The van der Waals surface area contributed by atoms with Gasteiger partial charge in [-0.05, 0) is 84.9 Å². The topological polar surface area (TPSA) is 94.9 Å². The molecule has 0 radical (unpaired) electrons. The van der Waals surface area contributed by atoms with Crippen molar-refractivity contribution in [1.29, 1.82) is 0 Å². The van der Waals surface area contributed by atoms with E-state index in [2.05, 4.69) is 37.9 Å². The van der Waals surface area contributed by atoms with Gasteiger partial charge in [-0.2, -0.15) is 5.10 Å². The van der Waals surface area contributed by atoms with Crippen molar-refractivity contribution in [2.75, 3.05) is 45.3 Å². The predicted molar refractivity (Wildman–Crippen MR) is 144 cm³/mol. The van der Waals surface area contributed by atoms with Crippen LogP contribution in [0.25, 0.3) is 11.3 Å². The molecule has 0 bridgehead atoms. The van der Waals surface area contributed by atoms with E-state index in [9.17, 15) is 9.59 Å². The van der Waals surface area contributed by atoms with Crippen molar-refractivity contribution in [3.05, 3.63) is 57.8 Å². The summed E-state index contributed by atoms with van der Waals surface area (Å²) in [6.07, 6.45) is 4.02. The molecule has 2 aromatic carbocycles. The molecule has 2 heterocycles. The Hall–Kier alpha value is -3.12. The number of hydrogen-bond donors (Lipinski definition) is 1. The third-order valence-electron chi connectivity index (χ3n) is 5.87. The highest BCUT2D eigenvalue weighted by Crippen LogP contribution is 2.35. The average Bonchev–Trinajstić information content (AvgIpc) is 3.51. The molecule has 1 fully saturated rings. The monoisotopic (exact) mass is 604 g/mol. The fourth-order valence-corrected chi connectivity index (χ4v) is 4.84. The quantitative estimate of drug-likeness (QED) is 0.213. The third kappa shape index (κ3) is 6.55. The third-order valence-corrected chi connectivity index (χ3v) is 6.66. The molecule has 3 aromatic rings. The van der Waals surface area contributed by atoms with Crippen LogP contribution in [0.1, 0.15) is 23.2 Å². The number of halogens is 1. The molecule has 1 aliphatic heterocycles. The number of anilines is 1. The van der Waals surface area contributed by atoms with Crippen LogP contribution >= 0.6 is 22.6 Å². The normalized spacial score (nSPS) is 13.4. The van der Waals surface area contributed by atoms with Crippen molar-refractivity contribution >= 4 is 40.2 Å². The number of methoxy groups -OCH3 is 1. The Balaban J connectivity index is 1.45. The van der Waals surface area contributed by atoms with Gasteiger partial charge >= 0.3 is 5.97 Å². The van der Waals surface area contributed by atoms with Gasteiger partial charge in [-0.1, -0.05) is 6.07 Å². The number of aryl methyl sites for hydroxylation is 1. The largest absolute Gasteiger partial charge is 0.497 e. The van der Waals surface area contributed by atoms with E-state index in [0.29, 0.717) is 29.3 Å². The molecule has 1 amide bonds. The number of esters is 1. The Morgan fingerprint density at radius 1 is 1.11 bits per heavy atom. The Labute approximate surface area is 223 Å². The van der Waals surface area contributed by atoms with Gasteiger partial charge in [0.2, 0.25) is 0 Å². The Morgan fingerprint density at radius 3 is 2.64 bits per heavy atom. The minimum Gasteiger partial charge on any atom is -0.497 e. The highest BCUT2D eigenvalue weighted by molar-refractivity contribution is 14.1. The first-order valence-corrected chi connectivity index (χ1v) is 12.8. The van der Waals surface area contributed by atoms with E-state index in [0.717, 1.165) is 40.8 Å². The summed E-state index contributed by atoms with van der Waals surface area (Å²) in [6.45, 7) is 2.57. The second-order valence-electron chi connectivity index (χ2n) is 8.41. The molecule has 4 rings (SSSR count). The highest BCUT2D eigenvalue weighted by atomic mass is 127. The van der Waals surface area contributed by atoms with Gasteiger partial charge in [0.05, 0.1) is 29.1 Å². The van der Waals surface area contributed by atoms with Crippen LogP contribution in [0.3, 0.4) is 0 Å². The Kier molecular flexibility index (Phi) is 8.81. The summed E-state index contributed by atoms with van der Waals surface area (Å²) in [6, 6.07) is 12.4. The molecule has 10 heteroatoms. The van der Waals surface area contributed by atoms with Crippen molar-refractivity contribution in [2.24, 2.45) is 7.05 Å². The van der Waals surface area contributed by atoms with Crippen molar-refractivity contribution in [3.63, 3.8) is 0 Å². The van der Waals surface area contributed by atoms with E-state index in [-0.39, 0.29) is 25.1 Å². The van der Waals surface area contributed by atoms with Crippen LogP contribution in [-0.2, 0) is 16.6 Å². The summed E-state index contributed by atoms with van der Waals surface area (Å²) in [5.41, 5.74) is 2.72. The zero-order valence-electron chi connectivity index (χ0n) is 20.3. The molecule has 0 spiro atoms. The van der Waals surface area contributed by atoms with Crippen LogP contribution in [-0.4, -0.2) is 66.5 Å². The maximum Gasteiger partial charge on any atom is 0.320 e. The van der Waals surface area contributed by atoms with E-state index in [1.807, 2.05) is 13.1 Å². The van der Waals surface area contributed by atoms with E-state index in [1.165, 1.54) is 0 Å². The van der Waals surface area contributed by atoms with Crippen LogP contribution in [0.5, 0.6) is 11.5 Å². The van der Waals surface area contributed by atoms with Crippen molar-refractivity contribution in [2.45, 2.75) is 12.8 Å². The number of ether oxygens (including phenoxy) is 3. The number of carbonyl (C=O) groups is 2. The first-order chi connectivity index (χ1) is 17.4. The number of likely N-dealkylation sites (tertiary alicyclic amines) is 1. The van der Waals surface area contributed by atoms with Gasteiger partial charge in [0, 0.05) is 23.9 Å². The van der Waals surface area contributed by atoms with Gasteiger partial charge in [-0.25, -0.2) is 0 Å². The van der Waals surface area contributed by atoms with E-state index >= 15 is 0 Å². The standard InChI is InChI=1S/C26H29IN4O5/c1-30-25(22(27)16-28-30)21-15-19(29-26(33)18-6-5-7-20(14-18)34-2)8-9-23(21)35-12-13-36-24(32)17-31-10-3-4-11-31/h5-9,14-16H,3-4,10-13,17H2,1-2H3,(H,29,33). The first kappa shape index (κ1) is 26.0. The molecule has 9 nitrogen and oxygen atoms in total. The fraction of sp³-hybridized carbons (Fsp3) is 0.346. The highest BCUT2D eigenvalue weighted by Gasteiger charge is 2.18. The average molecular weight is 604 g/mol. The van der Waals surface area contributed by atoms with Crippen LogP contribution in [0, 0.1) is 3.57 Å². The maximum absolute atomic E-state index is 12.8. The van der Waals surface area contributed by atoms with Crippen molar-refractivity contribution in [1.82, 2.24) is 14.7 Å². The minimum atomic E-state index is -0.252. The van der Waals surface area contributed by atoms with Gasteiger partial charge < -0.3 is 19.5 Å². The zero-order valence-corrected chi connectivity index (χ0v) is 22.5. The van der Waals surface area contributed by atoms with Gasteiger partial charge in [0.15, 0.2) is 0 Å². The second-order valence-corrected chi connectivity index (χ2v) is 9.58. The molecule has 1 aromatic heterocycles. The molecule has 0 saturated carbocycles. The minimum absolute atomic E-state index is 0.156. The number of carbonyl (C=O) groups excluding carboxylic acids is 2. The summed E-state index contributed by atoms with van der Waals surface area (Å²) >= 11 is 2.22. The van der Waals surface area contributed by atoms with Crippen LogP contribution < -0.4 is 14.8 Å². The van der Waals surface area contributed by atoms with Gasteiger partial charge in [0.1, 0.15) is 24.7 Å². The smallest absolute Gasteiger partial charge is 0.320 e. The Morgan fingerprint density at radius 2 is 1.92 bits per heavy atom. The number of amides is 1. The first-order valence-electron chi connectivity index (χ1n) is 11.7. The lowest BCUT2D eigenvalue weighted by Crippen LogP contribution is -2.29. The van der Waals surface area contributed by atoms with E-state index in [4.69, 9.17) is 14.2 Å². The van der Waals surface area contributed by atoms with E-state index < -0.39 is 0 Å². The molecule has 190 valence electrons.